The number of fused-ring (bicyclic) bond motifs is 2. The van der Waals surface area contributed by atoms with Gasteiger partial charge in [0.25, 0.3) is 0 Å². The van der Waals surface area contributed by atoms with E-state index >= 15 is 0 Å². The van der Waals surface area contributed by atoms with Crippen molar-refractivity contribution in [1.82, 2.24) is 15.6 Å². The molecule has 4 rings (SSSR count). The van der Waals surface area contributed by atoms with Crippen molar-refractivity contribution in [2.75, 3.05) is 19.9 Å². The van der Waals surface area contributed by atoms with Gasteiger partial charge in [0.2, 0.25) is 6.79 Å². The van der Waals surface area contributed by atoms with Crippen molar-refractivity contribution in [2.24, 2.45) is 4.99 Å². The van der Waals surface area contributed by atoms with Gasteiger partial charge in [0.1, 0.15) is 0 Å². The maximum Gasteiger partial charge on any atom is 0.231 e. The number of hydrogen-bond acceptors (Lipinski definition) is 4. The van der Waals surface area contributed by atoms with Crippen LogP contribution in [0.25, 0.3) is 10.9 Å². The van der Waals surface area contributed by atoms with E-state index in [4.69, 9.17) is 14.5 Å². The largest absolute Gasteiger partial charge is 0.454 e. The average Bonchev–Trinajstić information content (AvgIpc) is 3.20. The molecule has 2 N–H and O–H groups in total. The Morgan fingerprint density at radius 2 is 1.96 bits per heavy atom. The lowest BCUT2D eigenvalue weighted by Gasteiger charge is -2.12. The van der Waals surface area contributed by atoms with Gasteiger partial charge in [-0.05, 0) is 48.7 Å². The van der Waals surface area contributed by atoms with Crippen LogP contribution in [0.5, 0.6) is 11.5 Å². The van der Waals surface area contributed by atoms with E-state index in [9.17, 15) is 0 Å². The second-order valence-corrected chi connectivity index (χ2v) is 6.55. The smallest absolute Gasteiger partial charge is 0.231 e. The first-order valence-electron chi connectivity index (χ1n) is 9.57. The van der Waals surface area contributed by atoms with E-state index < -0.39 is 0 Å². The Morgan fingerprint density at radius 3 is 2.89 bits per heavy atom. The number of nitrogens with zero attached hydrogens (tertiary/aromatic N) is 2. The topological polar surface area (TPSA) is 67.8 Å². The highest BCUT2D eigenvalue weighted by Crippen LogP contribution is 2.32. The number of rotatable bonds is 6. The Morgan fingerprint density at radius 1 is 1.07 bits per heavy atom. The Hall–Kier alpha value is -3.28. The number of nitrogens with one attached hydrogen (secondary N) is 2. The van der Waals surface area contributed by atoms with Gasteiger partial charge in [-0.25, -0.2) is 4.99 Å². The van der Waals surface area contributed by atoms with Crippen LogP contribution in [-0.2, 0) is 13.0 Å². The van der Waals surface area contributed by atoms with Gasteiger partial charge >= 0.3 is 0 Å². The van der Waals surface area contributed by atoms with Gasteiger partial charge in [0.15, 0.2) is 17.5 Å². The minimum absolute atomic E-state index is 0.304. The molecule has 6 heteroatoms. The molecule has 144 valence electrons. The van der Waals surface area contributed by atoms with Gasteiger partial charge in [-0.2, -0.15) is 0 Å². The van der Waals surface area contributed by atoms with E-state index in [1.165, 1.54) is 11.1 Å². The van der Waals surface area contributed by atoms with Crippen molar-refractivity contribution < 1.29 is 9.47 Å². The third-order valence-corrected chi connectivity index (χ3v) is 4.63. The fourth-order valence-corrected chi connectivity index (χ4v) is 3.22. The average molecular weight is 376 g/mol. The fourth-order valence-electron chi connectivity index (χ4n) is 3.22. The quantitative estimate of drug-likeness (QED) is 0.511. The van der Waals surface area contributed by atoms with Crippen molar-refractivity contribution in [1.29, 1.82) is 0 Å². The van der Waals surface area contributed by atoms with Crippen LogP contribution >= 0.6 is 0 Å². The number of hydrogen-bond donors (Lipinski definition) is 2. The van der Waals surface area contributed by atoms with Crippen LogP contribution in [0.1, 0.15) is 18.1 Å². The molecule has 0 bridgehead atoms. The maximum atomic E-state index is 5.44. The van der Waals surface area contributed by atoms with Crippen LogP contribution < -0.4 is 20.1 Å². The van der Waals surface area contributed by atoms with E-state index in [0.717, 1.165) is 47.9 Å². The molecule has 1 aromatic heterocycles. The summed E-state index contributed by atoms with van der Waals surface area (Å²) in [6.45, 7) is 4.56. The molecule has 0 aliphatic carbocycles. The zero-order valence-electron chi connectivity index (χ0n) is 15.9. The Balaban J connectivity index is 1.39. The van der Waals surface area contributed by atoms with E-state index in [2.05, 4.69) is 34.7 Å². The van der Waals surface area contributed by atoms with Crippen molar-refractivity contribution in [3.8, 4) is 11.5 Å². The molecule has 28 heavy (non-hydrogen) atoms. The van der Waals surface area contributed by atoms with Crippen LogP contribution in [0.15, 0.2) is 59.7 Å². The second-order valence-electron chi connectivity index (χ2n) is 6.55. The highest BCUT2D eigenvalue weighted by atomic mass is 16.7. The summed E-state index contributed by atoms with van der Waals surface area (Å²) in [5, 5.41) is 7.86. The molecule has 3 aromatic rings. The summed E-state index contributed by atoms with van der Waals surface area (Å²) in [5.74, 6) is 2.45. The fraction of sp³-hybridized carbons (Fsp3) is 0.273. The minimum Gasteiger partial charge on any atom is -0.454 e. The normalized spacial score (nSPS) is 13.0. The summed E-state index contributed by atoms with van der Waals surface area (Å²) in [7, 11) is 0. The summed E-state index contributed by atoms with van der Waals surface area (Å²) < 4.78 is 10.8. The summed E-state index contributed by atoms with van der Waals surface area (Å²) >= 11 is 0. The summed E-state index contributed by atoms with van der Waals surface area (Å²) in [6, 6.07) is 16.3. The lowest BCUT2D eigenvalue weighted by Crippen LogP contribution is -2.38. The Kier molecular flexibility index (Phi) is 5.56. The van der Waals surface area contributed by atoms with Gasteiger partial charge in [-0.1, -0.05) is 24.3 Å². The standard InChI is InChI=1S/C22H24N4O2/c1-2-23-22(25-11-9-16-7-8-20-21(13-16)28-15-27-20)26-14-17-10-12-24-19-6-4-3-5-18(17)19/h3-8,10,12-13H,2,9,11,14-15H2,1H3,(H2,23,25,26). The summed E-state index contributed by atoms with van der Waals surface area (Å²) in [5.41, 5.74) is 3.36. The summed E-state index contributed by atoms with van der Waals surface area (Å²) in [4.78, 5) is 9.16. The summed E-state index contributed by atoms with van der Waals surface area (Å²) in [6.07, 6.45) is 2.71. The first-order chi connectivity index (χ1) is 13.8. The molecule has 1 aliphatic heterocycles. The zero-order valence-corrected chi connectivity index (χ0v) is 15.9. The SMILES string of the molecule is CCNC(=NCc1ccnc2ccccc12)NCCc1ccc2c(c1)OCO2. The van der Waals surface area contributed by atoms with Crippen LogP contribution in [0.4, 0.5) is 0 Å². The number of pyridine rings is 1. The van der Waals surface area contributed by atoms with E-state index in [-0.39, 0.29) is 0 Å². The lowest BCUT2D eigenvalue weighted by atomic mass is 10.1. The predicted molar refractivity (Wildman–Crippen MR) is 111 cm³/mol. The van der Waals surface area contributed by atoms with Crippen molar-refractivity contribution in [2.45, 2.75) is 19.9 Å². The molecule has 0 unspecified atom stereocenters. The molecule has 2 aromatic carbocycles. The minimum atomic E-state index is 0.304. The highest BCUT2D eigenvalue weighted by molar-refractivity contribution is 5.83. The van der Waals surface area contributed by atoms with Crippen LogP contribution in [0, 0.1) is 0 Å². The zero-order chi connectivity index (χ0) is 19.2. The van der Waals surface area contributed by atoms with Gasteiger partial charge in [-0.3, -0.25) is 4.98 Å². The van der Waals surface area contributed by atoms with Crippen LogP contribution in [0.3, 0.4) is 0 Å². The monoisotopic (exact) mass is 376 g/mol. The van der Waals surface area contributed by atoms with E-state index in [1.807, 2.05) is 42.6 Å². The second kappa shape index (κ2) is 8.61. The van der Waals surface area contributed by atoms with Crippen molar-refractivity contribution >= 4 is 16.9 Å². The molecule has 1 aliphatic rings. The molecule has 0 fully saturated rings. The third-order valence-electron chi connectivity index (χ3n) is 4.63. The van der Waals surface area contributed by atoms with Gasteiger partial charge in [-0.15, -0.1) is 0 Å². The van der Waals surface area contributed by atoms with Gasteiger partial charge < -0.3 is 20.1 Å². The maximum absolute atomic E-state index is 5.44. The highest BCUT2D eigenvalue weighted by Gasteiger charge is 2.13. The lowest BCUT2D eigenvalue weighted by molar-refractivity contribution is 0.174. The number of para-hydroxylation sites is 1. The van der Waals surface area contributed by atoms with Crippen molar-refractivity contribution in [3.05, 3.63) is 65.9 Å². The van der Waals surface area contributed by atoms with Crippen molar-refractivity contribution in [3.63, 3.8) is 0 Å². The molecule has 2 heterocycles. The molecule has 0 spiro atoms. The molecule has 0 atom stereocenters. The number of aliphatic imine (C=N–C) groups is 1. The Bertz CT molecular complexity index is 982. The number of aromatic nitrogens is 1. The van der Waals surface area contributed by atoms with Gasteiger partial charge in [0, 0.05) is 24.7 Å². The molecule has 0 saturated carbocycles. The number of benzene rings is 2. The molecule has 0 radical (unpaired) electrons. The third kappa shape index (κ3) is 4.17. The van der Waals surface area contributed by atoms with Crippen LogP contribution in [-0.4, -0.2) is 30.8 Å². The molecule has 6 nitrogen and oxygen atoms in total. The first kappa shape index (κ1) is 18.1. The Labute approximate surface area is 164 Å². The predicted octanol–water partition coefficient (Wildman–Crippen LogP) is 3.26. The van der Waals surface area contributed by atoms with Gasteiger partial charge in [0.05, 0.1) is 12.1 Å². The molecule has 0 amide bonds. The first-order valence-corrected chi connectivity index (χ1v) is 9.57. The number of guanidine groups is 1. The van der Waals surface area contributed by atoms with E-state index in [1.54, 1.807) is 0 Å². The molecular formula is C22H24N4O2. The molecule has 0 saturated heterocycles. The van der Waals surface area contributed by atoms with E-state index in [0.29, 0.717) is 13.3 Å². The molecular weight excluding hydrogens is 352 g/mol. The van der Waals surface area contributed by atoms with Crippen LogP contribution in [0.2, 0.25) is 0 Å². The number of ether oxygens (including phenoxy) is 2.